The molecule has 0 saturated carbocycles. The first-order valence-electron chi connectivity index (χ1n) is 5.02. The van der Waals surface area contributed by atoms with Crippen molar-refractivity contribution in [2.24, 2.45) is 0 Å². The summed E-state index contributed by atoms with van der Waals surface area (Å²) >= 11 is 7.48. The largest absolute Gasteiger partial charge is 0.301 e. The lowest BCUT2D eigenvalue weighted by Crippen LogP contribution is -2.18. The monoisotopic (exact) mass is 242 g/mol. The molecule has 0 radical (unpaired) electrons. The normalized spacial score (nSPS) is 10.5. The Labute approximate surface area is 100 Å². The fourth-order valence-electron chi connectivity index (χ4n) is 1.37. The van der Waals surface area contributed by atoms with Gasteiger partial charge in [-0.3, -0.25) is 0 Å². The molecule has 2 nitrogen and oxygen atoms in total. The SMILES string of the molecule is CN(CCCCC#N)Cc1ccc(Cl)s1. The molecule has 0 aliphatic rings. The van der Waals surface area contributed by atoms with E-state index in [9.17, 15) is 0 Å². The average molecular weight is 243 g/mol. The Bertz CT molecular complexity index is 330. The van der Waals surface area contributed by atoms with Crippen LogP contribution in [0.15, 0.2) is 12.1 Å². The Morgan fingerprint density at radius 2 is 2.27 bits per heavy atom. The minimum Gasteiger partial charge on any atom is -0.301 e. The second-order valence-corrected chi connectivity index (χ2v) is 5.36. The number of hydrogen-bond acceptors (Lipinski definition) is 3. The predicted molar refractivity (Wildman–Crippen MR) is 65.1 cm³/mol. The van der Waals surface area contributed by atoms with Gasteiger partial charge in [-0.25, -0.2) is 0 Å². The summed E-state index contributed by atoms with van der Waals surface area (Å²) in [5.74, 6) is 0. The maximum Gasteiger partial charge on any atom is 0.0931 e. The van der Waals surface area contributed by atoms with Crippen LogP contribution in [0.4, 0.5) is 0 Å². The molecule has 0 aromatic carbocycles. The minimum absolute atomic E-state index is 0.665. The van der Waals surface area contributed by atoms with Crippen molar-refractivity contribution in [1.29, 1.82) is 5.26 Å². The molecule has 1 aromatic rings. The molecular weight excluding hydrogens is 228 g/mol. The Morgan fingerprint density at radius 1 is 1.47 bits per heavy atom. The van der Waals surface area contributed by atoms with Gasteiger partial charge in [0, 0.05) is 17.8 Å². The summed E-state index contributed by atoms with van der Waals surface area (Å²) in [6, 6.07) is 6.16. The first-order chi connectivity index (χ1) is 7.22. The number of unbranched alkanes of at least 4 members (excludes halogenated alkanes) is 2. The fraction of sp³-hybridized carbons (Fsp3) is 0.545. The number of rotatable bonds is 6. The van der Waals surface area contributed by atoms with Crippen LogP contribution in [0, 0.1) is 11.3 Å². The molecule has 0 unspecified atom stereocenters. The van der Waals surface area contributed by atoms with Crippen LogP contribution in [0.3, 0.4) is 0 Å². The van der Waals surface area contributed by atoms with Gasteiger partial charge in [-0.1, -0.05) is 11.6 Å². The van der Waals surface area contributed by atoms with Crippen LogP contribution in [0.2, 0.25) is 4.34 Å². The molecule has 0 bridgehead atoms. The zero-order chi connectivity index (χ0) is 11.1. The third-order valence-electron chi connectivity index (χ3n) is 2.13. The summed E-state index contributed by atoms with van der Waals surface area (Å²) in [4.78, 5) is 3.56. The summed E-state index contributed by atoms with van der Waals surface area (Å²) in [6.45, 7) is 1.99. The van der Waals surface area contributed by atoms with Crippen molar-refractivity contribution < 1.29 is 0 Å². The second kappa shape index (κ2) is 6.84. The summed E-state index contributed by atoms with van der Waals surface area (Å²) in [6.07, 6.45) is 2.74. The maximum atomic E-state index is 8.39. The number of halogens is 1. The van der Waals surface area contributed by atoms with Crippen LogP contribution in [-0.4, -0.2) is 18.5 Å². The van der Waals surface area contributed by atoms with Gasteiger partial charge in [-0.15, -0.1) is 11.3 Å². The lowest BCUT2D eigenvalue weighted by atomic mass is 10.2. The van der Waals surface area contributed by atoms with Crippen molar-refractivity contribution in [3.63, 3.8) is 0 Å². The van der Waals surface area contributed by atoms with Gasteiger partial charge >= 0.3 is 0 Å². The van der Waals surface area contributed by atoms with E-state index in [-0.39, 0.29) is 0 Å². The average Bonchev–Trinajstić information content (AvgIpc) is 2.59. The summed E-state index contributed by atoms with van der Waals surface area (Å²) in [5, 5.41) is 8.39. The van der Waals surface area contributed by atoms with Gasteiger partial charge in [-0.2, -0.15) is 5.26 Å². The number of hydrogen-bond donors (Lipinski definition) is 0. The van der Waals surface area contributed by atoms with Gasteiger partial charge in [0.2, 0.25) is 0 Å². The number of thiophene rings is 1. The Kier molecular flexibility index (Phi) is 5.70. The lowest BCUT2D eigenvalue weighted by molar-refractivity contribution is 0.322. The second-order valence-electron chi connectivity index (χ2n) is 3.56. The van der Waals surface area contributed by atoms with Gasteiger partial charge in [0.05, 0.1) is 10.4 Å². The van der Waals surface area contributed by atoms with Crippen molar-refractivity contribution >= 4 is 22.9 Å². The van der Waals surface area contributed by atoms with Crippen LogP contribution in [-0.2, 0) is 6.54 Å². The molecule has 0 spiro atoms. The Morgan fingerprint density at radius 3 is 2.87 bits per heavy atom. The molecule has 1 rings (SSSR count). The van der Waals surface area contributed by atoms with E-state index in [1.165, 1.54) is 4.88 Å². The molecule has 0 aliphatic carbocycles. The van der Waals surface area contributed by atoms with E-state index in [1.807, 2.05) is 6.07 Å². The van der Waals surface area contributed by atoms with Crippen LogP contribution in [0.25, 0.3) is 0 Å². The molecule has 0 atom stereocenters. The summed E-state index contributed by atoms with van der Waals surface area (Å²) < 4.78 is 0.850. The molecular formula is C11H15ClN2S. The van der Waals surface area contributed by atoms with E-state index in [4.69, 9.17) is 16.9 Å². The van der Waals surface area contributed by atoms with Crippen LogP contribution >= 0.6 is 22.9 Å². The van der Waals surface area contributed by atoms with Gasteiger partial charge in [0.1, 0.15) is 0 Å². The Hall–Kier alpha value is -0.560. The third-order valence-corrected chi connectivity index (χ3v) is 3.35. The van der Waals surface area contributed by atoms with E-state index in [0.29, 0.717) is 6.42 Å². The van der Waals surface area contributed by atoms with Crippen molar-refractivity contribution in [3.05, 3.63) is 21.3 Å². The third kappa shape index (κ3) is 5.17. The zero-order valence-corrected chi connectivity index (χ0v) is 10.4. The highest BCUT2D eigenvalue weighted by Gasteiger charge is 2.02. The summed E-state index contributed by atoms with van der Waals surface area (Å²) in [5.41, 5.74) is 0. The topological polar surface area (TPSA) is 27.0 Å². The van der Waals surface area contributed by atoms with Crippen LogP contribution in [0.1, 0.15) is 24.1 Å². The van der Waals surface area contributed by atoms with Gasteiger partial charge in [0.25, 0.3) is 0 Å². The highest BCUT2D eigenvalue weighted by molar-refractivity contribution is 7.16. The molecule has 82 valence electrons. The first-order valence-corrected chi connectivity index (χ1v) is 6.21. The van der Waals surface area contributed by atoms with E-state index in [1.54, 1.807) is 11.3 Å². The van der Waals surface area contributed by atoms with Crippen molar-refractivity contribution in [2.75, 3.05) is 13.6 Å². The fourth-order valence-corrected chi connectivity index (χ4v) is 2.54. The predicted octanol–water partition coefficient (Wildman–Crippen LogP) is 3.53. The molecule has 4 heteroatoms. The van der Waals surface area contributed by atoms with Crippen molar-refractivity contribution in [1.82, 2.24) is 4.90 Å². The highest BCUT2D eigenvalue weighted by Crippen LogP contribution is 2.22. The van der Waals surface area contributed by atoms with Gasteiger partial charge in [0.15, 0.2) is 0 Å². The molecule has 0 fully saturated rings. The zero-order valence-electron chi connectivity index (χ0n) is 8.87. The van der Waals surface area contributed by atoms with Crippen molar-refractivity contribution in [2.45, 2.75) is 25.8 Å². The molecule has 1 aromatic heterocycles. The van der Waals surface area contributed by atoms with E-state index < -0.39 is 0 Å². The Balaban J connectivity index is 2.19. The standard InChI is InChI=1S/C11H15ClN2S/c1-14(8-4-2-3-7-13)9-10-5-6-11(12)15-10/h5-6H,2-4,8-9H2,1H3. The van der Waals surface area contributed by atoms with Gasteiger partial charge < -0.3 is 4.90 Å². The van der Waals surface area contributed by atoms with E-state index in [0.717, 1.165) is 30.3 Å². The van der Waals surface area contributed by atoms with E-state index >= 15 is 0 Å². The number of nitrogens with zero attached hydrogens (tertiary/aromatic N) is 2. The molecule has 15 heavy (non-hydrogen) atoms. The number of nitriles is 1. The maximum absolute atomic E-state index is 8.39. The molecule has 0 N–H and O–H groups in total. The summed E-state index contributed by atoms with van der Waals surface area (Å²) in [7, 11) is 2.10. The smallest absolute Gasteiger partial charge is 0.0931 e. The minimum atomic E-state index is 0.665. The molecule has 0 amide bonds. The van der Waals surface area contributed by atoms with E-state index in [2.05, 4.69) is 24.1 Å². The lowest BCUT2D eigenvalue weighted by Gasteiger charge is -2.14. The molecule has 0 saturated heterocycles. The van der Waals surface area contributed by atoms with Crippen LogP contribution in [0.5, 0.6) is 0 Å². The van der Waals surface area contributed by atoms with Crippen molar-refractivity contribution in [3.8, 4) is 6.07 Å². The quantitative estimate of drug-likeness (QED) is 0.714. The first kappa shape index (κ1) is 12.5. The molecule has 0 aliphatic heterocycles. The highest BCUT2D eigenvalue weighted by atomic mass is 35.5. The van der Waals surface area contributed by atoms with Crippen LogP contribution < -0.4 is 0 Å². The van der Waals surface area contributed by atoms with Gasteiger partial charge in [-0.05, 0) is 38.6 Å². The molecule has 1 heterocycles.